The van der Waals surface area contributed by atoms with Crippen LogP contribution in [0.25, 0.3) is 17.1 Å². The number of thiazole rings is 1. The minimum atomic E-state index is -0.0188. The van der Waals surface area contributed by atoms with Gasteiger partial charge in [-0.2, -0.15) is 0 Å². The molecule has 2 aromatic carbocycles. The maximum Gasteiger partial charge on any atom is 0.273 e. The van der Waals surface area contributed by atoms with E-state index in [9.17, 15) is 4.79 Å². The van der Waals surface area contributed by atoms with Gasteiger partial charge in [0.2, 0.25) is 0 Å². The van der Waals surface area contributed by atoms with E-state index in [-0.39, 0.29) is 5.91 Å². The molecule has 208 valence electrons. The number of aromatic nitrogens is 5. The molecule has 0 spiro atoms. The average molecular weight is 584 g/mol. The average Bonchev–Trinajstić information content (AvgIpc) is 3.68. The summed E-state index contributed by atoms with van der Waals surface area (Å²) in [4.78, 5) is 26.2. The summed E-state index contributed by atoms with van der Waals surface area (Å²) in [6.07, 6.45) is 3.51. The molecular weight excluding hydrogens is 555 g/mol. The van der Waals surface area contributed by atoms with Crippen molar-refractivity contribution >= 4 is 34.7 Å². The molecule has 0 N–H and O–H groups in total. The zero-order chi connectivity index (χ0) is 28.2. The Balaban J connectivity index is 1.12. The molecule has 0 radical (unpaired) electrons. The first kappa shape index (κ1) is 27.0. The number of ether oxygens (including phenoxy) is 1. The van der Waals surface area contributed by atoms with Crippen LogP contribution < -0.4 is 9.64 Å². The molecule has 3 aromatic heterocycles. The Morgan fingerprint density at radius 3 is 2.34 bits per heavy atom. The summed E-state index contributed by atoms with van der Waals surface area (Å²) in [6, 6.07) is 20.2. The number of nitrogens with zero attached hydrogens (tertiary/aromatic N) is 7. The predicted octanol–water partition coefficient (Wildman–Crippen LogP) is 5.36. The van der Waals surface area contributed by atoms with Crippen molar-refractivity contribution in [3.05, 3.63) is 94.7 Å². The number of rotatable bonds is 8. The molecule has 0 unspecified atom stereocenters. The standard InChI is InChI=1S/C30H29N7O2S2/c1-21-3-5-24(6-4-21)37-28(22-11-13-31-14-12-22)33-34-30(37)41-20-27-32-26(19-40-27)29(38)36-17-15-35(16-18-36)23-7-9-25(39-2)10-8-23/h3-14,19H,15-18,20H2,1-2H3. The van der Waals surface area contributed by atoms with Crippen molar-refractivity contribution < 1.29 is 9.53 Å². The molecule has 1 fully saturated rings. The number of amides is 1. The lowest BCUT2D eigenvalue weighted by Crippen LogP contribution is -2.48. The molecule has 1 aliphatic heterocycles. The lowest BCUT2D eigenvalue weighted by molar-refractivity contribution is 0.0741. The highest BCUT2D eigenvalue weighted by Crippen LogP contribution is 2.30. The highest BCUT2D eigenvalue weighted by molar-refractivity contribution is 7.98. The third-order valence-electron chi connectivity index (χ3n) is 6.96. The van der Waals surface area contributed by atoms with Crippen molar-refractivity contribution in [1.82, 2.24) is 29.6 Å². The minimum Gasteiger partial charge on any atom is -0.497 e. The van der Waals surface area contributed by atoms with E-state index in [2.05, 4.69) is 73.0 Å². The number of carbonyl (C=O) groups is 1. The van der Waals surface area contributed by atoms with E-state index in [0.29, 0.717) is 24.5 Å². The number of carbonyl (C=O) groups excluding carboxylic acids is 1. The second-order valence-corrected chi connectivity index (χ2v) is 11.5. The van der Waals surface area contributed by atoms with Gasteiger partial charge in [-0.05, 0) is 55.5 Å². The van der Waals surface area contributed by atoms with Crippen LogP contribution in [0.2, 0.25) is 0 Å². The number of benzene rings is 2. The summed E-state index contributed by atoms with van der Waals surface area (Å²) in [6.45, 7) is 4.93. The van der Waals surface area contributed by atoms with Crippen molar-refractivity contribution in [1.29, 1.82) is 0 Å². The van der Waals surface area contributed by atoms with E-state index in [1.807, 2.05) is 34.5 Å². The van der Waals surface area contributed by atoms with Crippen LogP contribution in [0.15, 0.2) is 83.6 Å². The van der Waals surface area contributed by atoms with Gasteiger partial charge in [0.1, 0.15) is 16.5 Å². The smallest absolute Gasteiger partial charge is 0.273 e. The van der Waals surface area contributed by atoms with Crippen molar-refractivity contribution in [2.24, 2.45) is 0 Å². The van der Waals surface area contributed by atoms with Crippen LogP contribution in [-0.2, 0) is 5.75 Å². The first-order valence-electron chi connectivity index (χ1n) is 13.3. The van der Waals surface area contributed by atoms with Gasteiger partial charge in [0.15, 0.2) is 11.0 Å². The molecule has 0 atom stereocenters. The van der Waals surface area contributed by atoms with Crippen LogP contribution in [0.3, 0.4) is 0 Å². The molecule has 4 heterocycles. The Morgan fingerprint density at radius 2 is 1.63 bits per heavy atom. The molecule has 11 heteroatoms. The number of thioether (sulfide) groups is 1. The molecule has 1 amide bonds. The van der Waals surface area contributed by atoms with Crippen molar-refractivity contribution in [3.8, 4) is 22.8 Å². The molecule has 9 nitrogen and oxygen atoms in total. The van der Waals surface area contributed by atoms with E-state index in [1.165, 1.54) is 16.9 Å². The first-order chi connectivity index (χ1) is 20.1. The molecule has 0 aliphatic carbocycles. The zero-order valence-corrected chi connectivity index (χ0v) is 24.4. The Kier molecular flexibility index (Phi) is 7.97. The monoisotopic (exact) mass is 583 g/mol. The third kappa shape index (κ3) is 5.96. The molecule has 0 saturated carbocycles. The van der Waals surface area contributed by atoms with E-state index in [4.69, 9.17) is 4.74 Å². The Labute approximate surface area is 246 Å². The van der Waals surface area contributed by atoms with E-state index in [0.717, 1.165) is 51.8 Å². The van der Waals surface area contributed by atoms with Crippen molar-refractivity contribution in [2.45, 2.75) is 17.8 Å². The summed E-state index contributed by atoms with van der Waals surface area (Å²) in [5.41, 5.74) is 4.74. The summed E-state index contributed by atoms with van der Waals surface area (Å²) < 4.78 is 7.32. The van der Waals surface area contributed by atoms with Gasteiger partial charge < -0.3 is 14.5 Å². The Bertz CT molecular complexity index is 1610. The fourth-order valence-electron chi connectivity index (χ4n) is 4.70. The summed E-state index contributed by atoms with van der Waals surface area (Å²) in [5.74, 6) is 2.16. The second kappa shape index (κ2) is 12.1. The molecule has 6 rings (SSSR count). The summed E-state index contributed by atoms with van der Waals surface area (Å²) in [7, 11) is 1.67. The number of pyridine rings is 1. The van der Waals surface area contributed by atoms with Crippen molar-refractivity contribution in [3.63, 3.8) is 0 Å². The van der Waals surface area contributed by atoms with Gasteiger partial charge in [0.25, 0.3) is 5.91 Å². The van der Waals surface area contributed by atoms with Crippen LogP contribution >= 0.6 is 23.1 Å². The number of hydrogen-bond donors (Lipinski definition) is 0. The minimum absolute atomic E-state index is 0.0188. The van der Waals surface area contributed by atoms with Gasteiger partial charge in [-0.3, -0.25) is 14.3 Å². The molecule has 1 saturated heterocycles. The van der Waals surface area contributed by atoms with E-state index < -0.39 is 0 Å². The normalized spacial score (nSPS) is 13.4. The van der Waals surface area contributed by atoms with Gasteiger partial charge in [-0.25, -0.2) is 4.98 Å². The Morgan fingerprint density at radius 1 is 0.927 bits per heavy atom. The van der Waals surface area contributed by atoms with E-state index in [1.54, 1.807) is 31.3 Å². The highest BCUT2D eigenvalue weighted by atomic mass is 32.2. The number of aryl methyl sites for hydroxylation is 1. The first-order valence-corrected chi connectivity index (χ1v) is 15.1. The lowest BCUT2D eigenvalue weighted by Gasteiger charge is -2.35. The van der Waals surface area contributed by atoms with Crippen LogP contribution in [0.4, 0.5) is 5.69 Å². The quantitative estimate of drug-likeness (QED) is 0.226. The van der Waals surface area contributed by atoms with Crippen LogP contribution in [0, 0.1) is 6.92 Å². The molecule has 0 bridgehead atoms. The zero-order valence-electron chi connectivity index (χ0n) is 22.8. The van der Waals surface area contributed by atoms with Crippen LogP contribution in [0.5, 0.6) is 5.75 Å². The van der Waals surface area contributed by atoms with Gasteiger partial charge in [0, 0.05) is 60.9 Å². The largest absolute Gasteiger partial charge is 0.497 e. The topological polar surface area (TPSA) is 89.3 Å². The van der Waals surface area contributed by atoms with Crippen LogP contribution in [-0.4, -0.2) is 68.8 Å². The van der Waals surface area contributed by atoms with Crippen LogP contribution in [0.1, 0.15) is 21.1 Å². The predicted molar refractivity (Wildman–Crippen MR) is 162 cm³/mol. The van der Waals surface area contributed by atoms with Gasteiger partial charge in [-0.15, -0.1) is 21.5 Å². The molecule has 41 heavy (non-hydrogen) atoms. The number of methoxy groups -OCH3 is 1. The maximum absolute atomic E-state index is 13.2. The number of anilines is 1. The number of hydrogen-bond acceptors (Lipinski definition) is 9. The highest BCUT2D eigenvalue weighted by Gasteiger charge is 2.24. The SMILES string of the molecule is COc1ccc(N2CCN(C(=O)c3csc(CSc4nnc(-c5ccncc5)n4-c4ccc(C)cc4)n3)CC2)cc1. The number of piperazine rings is 1. The van der Waals surface area contributed by atoms with Gasteiger partial charge in [-0.1, -0.05) is 29.5 Å². The third-order valence-corrected chi connectivity index (χ3v) is 8.94. The molecule has 5 aromatic rings. The Hall–Kier alpha value is -4.22. The molecule has 1 aliphatic rings. The second-order valence-electron chi connectivity index (χ2n) is 9.61. The van der Waals surface area contributed by atoms with E-state index >= 15 is 0 Å². The maximum atomic E-state index is 13.2. The van der Waals surface area contributed by atoms with Gasteiger partial charge in [0.05, 0.1) is 12.9 Å². The fourth-order valence-corrected chi connectivity index (χ4v) is 6.44. The summed E-state index contributed by atoms with van der Waals surface area (Å²) in [5, 5.41) is 12.5. The molecular formula is C30H29N7O2S2. The fraction of sp³-hybridized carbons (Fsp3) is 0.233. The van der Waals surface area contributed by atoms with Crippen molar-refractivity contribution in [2.75, 3.05) is 38.2 Å². The lowest BCUT2D eigenvalue weighted by atomic mass is 10.2. The van der Waals surface area contributed by atoms with Gasteiger partial charge >= 0.3 is 0 Å². The summed E-state index contributed by atoms with van der Waals surface area (Å²) >= 11 is 3.06.